The third-order valence-corrected chi connectivity index (χ3v) is 3.47. The van der Waals surface area contributed by atoms with Gasteiger partial charge in [-0.2, -0.15) is 0 Å². The highest BCUT2D eigenvalue weighted by molar-refractivity contribution is 6.35. The van der Waals surface area contributed by atoms with Crippen LogP contribution in [0.3, 0.4) is 0 Å². The summed E-state index contributed by atoms with van der Waals surface area (Å²) < 4.78 is 15.3. The first kappa shape index (κ1) is 14.9. The minimum atomic E-state index is -0.602. The van der Waals surface area contributed by atoms with Crippen molar-refractivity contribution in [1.29, 1.82) is 0 Å². The molecule has 0 atom stereocenters. The van der Waals surface area contributed by atoms with Crippen LogP contribution in [0.5, 0.6) is 0 Å². The van der Waals surface area contributed by atoms with Crippen molar-refractivity contribution in [3.63, 3.8) is 0 Å². The molecule has 108 valence electrons. The van der Waals surface area contributed by atoms with E-state index in [0.717, 1.165) is 11.6 Å². The molecule has 0 bridgehead atoms. The molecular formula is C13H15Cl2FN4. The van der Waals surface area contributed by atoms with Crippen molar-refractivity contribution in [2.75, 3.05) is 24.3 Å². The molecule has 4 nitrogen and oxygen atoms in total. The van der Waals surface area contributed by atoms with Crippen LogP contribution in [0.25, 0.3) is 0 Å². The molecule has 0 unspecified atom stereocenters. The Morgan fingerprint density at radius 1 is 1.30 bits per heavy atom. The molecule has 0 fully saturated rings. The summed E-state index contributed by atoms with van der Waals surface area (Å²) in [5, 5.41) is 3.15. The van der Waals surface area contributed by atoms with Gasteiger partial charge < -0.3 is 14.8 Å². The summed E-state index contributed by atoms with van der Waals surface area (Å²) >= 11 is 11.5. The topological polar surface area (TPSA) is 33.1 Å². The number of halogens is 3. The van der Waals surface area contributed by atoms with Crippen LogP contribution in [0.4, 0.5) is 16.0 Å². The summed E-state index contributed by atoms with van der Waals surface area (Å²) in [5.74, 6) is 0.256. The van der Waals surface area contributed by atoms with E-state index in [2.05, 4.69) is 10.3 Å². The second kappa shape index (κ2) is 5.89. The van der Waals surface area contributed by atoms with Gasteiger partial charge in [0.2, 0.25) is 5.95 Å². The Kier molecular flexibility index (Phi) is 4.40. The highest BCUT2D eigenvalue weighted by Crippen LogP contribution is 2.27. The van der Waals surface area contributed by atoms with Gasteiger partial charge in [0.1, 0.15) is 0 Å². The van der Waals surface area contributed by atoms with Crippen LogP contribution in [0.1, 0.15) is 5.69 Å². The van der Waals surface area contributed by atoms with Crippen molar-refractivity contribution in [3.05, 3.63) is 39.9 Å². The Morgan fingerprint density at radius 2 is 1.90 bits per heavy atom. The van der Waals surface area contributed by atoms with E-state index in [1.54, 1.807) is 6.20 Å². The third kappa shape index (κ3) is 2.99. The molecule has 0 spiro atoms. The first-order chi connectivity index (χ1) is 9.40. The average molecular weight is 317 g/mol. The van der Waals surface area contributed by atoms with E-state index in [-0.39, 0.29) is 10.0 Å². The molecule has 0 aliphatic heterocycles. The zero-order chi connectivity index (χ0) is 14.9. The Morgan fingerprint density at radius 3 is 2.40 bits per heavy atom. The molecule has 0 aliphatic rings. The second-order valence-electron chi connectivity index (χ2n) is 4.61. The maximum atomic E-state index is 13.3. The zero-order valence-corrected chi connectivity index (χ0v) is 12.9. The van der Waals surface area contributed by atoms with Gasteiger partial charge in [0.15, 0.2) is 5.82 Å². The molecule has 0 radical (unpaired) electrons. The van der Waals surface area contributed by atoms with Gasteiger partial charge in [-0.3, -0.25) is 0 Å². The minimum Gasteiger partial charge on any atom is -0.379 e. The number of hydrogen-bond acceptors (Lipinski definition) is 3. The molecule has 1 aromatic heterocycles. The van der Waals surface area contributed by atoms with E-state index < -0.39 is 5.82 Å². The largest absolute Gasteiger partial charge is 0.379 e. The maximum Gasteiger partial charge on any atom is 0.204 e. The van der Waals surface area contributed by atoms with Crippen molar-refractivity contribution in [1.82, 2.24) is 9.55 Å². The van der Waals surface area contributed by atoms with Gasteiger partial charge in [-0.05, 0) is 12.1 Å². The highest BCUT2D eigenvalue weighted by atomic mass is 35.5. The smallest absolute Gasteiger partial charge is 0.204 e. The molecule has 0 saturated carbocycles. The van der Waals surface area contributed by atoms with Gasteiger partial charge in [0, 0.05) is 26.8 Å². The second-order valence-corrected chi connectivity index (χ2v) is 5.42. The standard InChI is InChI=1S/C13H15Cl2FN4/c1-19(2)13-18-7-9(20(13)3)6-17-8-4-10(14)12(16)11(15)5-8/h4-5,7,17H,6H2,1-3H3. The minimum absolute atomic E-state index is 0.000938. The van der Waals surface area contributed by atoms with Crippen LogP contribution in [-0.4, -0.2) is 23.6 Å². The van der Waals surface area contributed by atoms with Gasteiger partial charge in [0.05, 0.1) is 28.5 Å². The van der Waals surface area contributed by atoms with Crippen molar-refractivity contribution in [2.45, 2.75) is 6.54 Å². The van der Waals surface area contributed by atoms with Crippen molar-refractivity contribution in [3.8, 4) is 0 Å². The molecule has 0 aliphatic carbocycles. The van der Waals surface area contributed by atoms with Gasteiger partial charge in [-0.1, -0.05) is 23.2 Å². The summed E-state index contributed by atoms with van der Waals surface area (Å²) in [6, 6.07) is 3.01. The number of anilines is 2. The number of aromatic nitrogens is 2. The Bertz CT molecular complexity index is 602. The third-order valence-electron chi connectivity index (χ3n) is 2.92. The van der Waals surface area contributed by atoms with Crippen LogP contribution in [0, 0.1) is 5.82 Å². The van der Waals surface area contributed by atoms with Gasteiger partial charge in [-0.15, -0.1) is 0 Å². The normalized spacial score (nSPS) is 10.7. The van der Waals surface area contributed by atoms with Crippen LogP contribution in [0.2, 0.25) is 10.0 Å². The lowest BCUT2D eigenvalue weighted by Gasteiger charge is -2.13. The average Bonchev–Trinajstić information content (AvgIpc) is 2.74. The monoisotopic (exact) mass is 316 g/mol. The van der Waals surface area contributed by atoms with Crippen molar-refractivity contribution >= 4 is 34.8 Å². The van der Waals surface area contributed by atoms with Gasteiger partial charge in [-0.25, -0.2) is 9.37 Å². The maximum absolute atomic E-state index is 13.3. The first-order valence-corrected chi connectivity index (χ1v) is 6.72. The predicted octanol–water partition coefficient (Wildman–Crippen LogP) is 3.54. The van der Waals surface area contributed by atoms with Crippen LogP contribution in [0.15, 0.2) is 18.3 Å². The van der Waals surface area contributed by atoms with Crippen molar-refractivity contribution < 1.29 is 4.39 Å². The van der Waals surface area contributed by atoms with Crippen LogP contribution in [-0.2, 0) is 13.6 Å². The van der Waals surface area contributed by atoms with E-state index >= 15 is 0 Å². The van der Waals surface area contributed by atoms with E-state index in [1.807, 2.05) is 30.6 Å². The molecular weight excluding hydrogens is 302 g/mol. The van der Waals surface area contributed by atoms with E-state index in [0.29, 0.717) is 12.2 Å². The zero-order valence-electron chi connectivity index (χ0n) is 11.4. The summed E-state index contributed by atoms with van der Waals surface area (Å²) in [7, 11) is 5.79. The van der Waals surface area contributed by atoms with Gasteiger partial charge >= 0.3 is 0 Å². The Hall–Kier alpha value is -1.46. The molecule has 1 N–H and O–H groups in total. The predicted molar refractivity (Wildman–Crippen MR) is 81.3 cm³/mol. The lowest BCUT2D eigenvalue weighted by molar-refractivity contribution is 0.629. The summed E-state index contributed by atoms with van der Waals surface area (Å²) in [6.45, 7) is 0.537. The number of imidazole rings is 1. The Balaban J connectivity index is 2.13. The van der Waals surface area contributed by atoms with Crippen LogP contribution < -0.4 is 10.2 Å². The quantitative estimate of drug-likeness (QED) is 0.876. The molecule has 1 aromatic carbocycles. The number of benzene rings is 1. The molecule has 7 heteroatoms. The fraction of sp³-hybridized carbons (Fsp3) is 0.308. The number of rotatable bonds is 4. The summed E-state index contributed by atoms with van der Waals surface area (Å²) in [5.41, 5.74) is 1.65. The van der Waals surface area contributed by atoms with Gasteiger partial charge in [0.25, 0.3) is 0 Å². The summed E-state index contributed by atoms with van der Waals surface area (Å²) in [6.07, 6.45) is 1.79. The fourth-order valence-corrected chi connectivity index (χ4v) is 2.35. The molecule has 20 heavy (non-hydrogen) atoms. The van der Waals surface area contributed by atoms with Crippen molar-refractivity contribution in [2.24, 2.45) is 7.05 Å². The summed E-state index contributed by atoms with van der Waals surface area (Å²) in [4.78, 5) is 6.24. The first-order valence-electron chi connectivity index (χ1n) is 5.96. The van der Waals surface area contributed by atoms with Crippen LogP contribution >= 0.6 is 23.2 Å². The Labute approximate surface area is 127 Å². The molecule has 0 amide bonds. The molecule has 2 aromatic rings. The highest BCUT2D eigenvalue weighted by Gasteiger charge is 2.10. The SMILES string of the molecule is CN(C)c1ncc(CNc2cc(Cl)c(F)c(Cl)c2)n1C. The number of nitrogens with one attached hydrogen (secondary N) is 1. The lowest BCUT2D eigenvalue weighted by atomic mass is 10.3. The lowest BCUT2D eigenvalue weighted by Crippen LogP contribution is -2.15. The number of hydrogen-bond donors (Lipinski definition) is 1. The molecule has 2 rings (SSSR count). The molecule has 1 heterocycles. The van der Waals surface area contributed by atoms with E-state index in [1.165, 1.54) is 12.1 Å². The van der Waals surface area contributed by atoms with E-state index in [9.17, 15) is 4.39 Å². The molecule has 0 saturated heterocycles. The number of nitrogens with zero attached hydrogens (tertiary/aromatic N) is 3. The fourth-order valence-electron chi connectivity index (χ4n) is 1.86. The van der Waals surface area contributed by atoms with E-state index in [4.69, 9.17) is 23.2 Å².